The summed E-state index contributed by atoms with van der Waals surface area (Å²) in [6.07, 6.45) is -0.997. The van der Waals surface area contributed by atoms with Crippen molar-refractivity contribution in [2.24, 2.45) is 17.6 Å². The lowest BCUT2D eigenvalue weighted by Crippen LogP contribution is -2.53. The Labute approximate surface area is 564 Å². The number of hydrogen-bond acceptors (Lipinski definition) is 19. The van der Waals surface area contributed by atoms with Crippen molar-refractivity contribution in [1.82, 2.24) is 45.9 Å². The van der Waals surface area contributed by atoms with Crippen LogP contribution >= 0.6 is 33.2 Å². The van der Waals surface area contributed by atoms with Crippen molar-refractivity contribution in [3.63, 3.8) is 0 Å². The zero-order valence-electron chi connectivity index (χ0n) is 51.6. The van der Waals surface area contributed by atoms with E-state index in [-0.39, 0.29) is 95.8 Å². The third-order valence-corrected chi connectivity index (χ3v) is 19.2. The molecule has 0 radical (unpaired) electrons. The lowest BCUT2D eigenvalue weighted by Gasteiger charge is -2.21. The summed E-state index contributed by atoms with van der Waals surface area (Å²) in [4.78, 5) is 165. The standard InChI is InChI=1S/C67H65ClN12O15S2/c68-29-41-32-80(63(89)50-24-39-21-35(12-17-47(39)76-50)22-53(82)48-23-37-5-1-4-8-46(37)75-48)51-28-55(43-6-2-3-7-44(43)58(41)51)95-67(94)71-19-20-96-97-33-40(65(92)93)26-54(83)49(27-57(85)86)77-61(87)45(69)31-72-56(84)18-15-38(64(90)91)25-52(81)36-13-9-34(10-14-36)11-16-42-30-73-60-59(74-42)62(88)79-66(70)78-60/h1-10,12-14,17,21,23-24,28,30,38,40-41,45,49,75-76H,11,15-16,18-20,22,25-27,29,31-33,69H2,(H,71,94)(H,72,84)(H,77,87)(H,85,86)(H,90,91)(H,92,93)(H3,70,73,78,79,88). The number of ketones is 3. The van der Waals surface area contributed by atoms with Crippen LogP contribution in [0.15, 0.2) is 120 Å². The first-order valence-electron chi connectivity index (χ1n) is 30.6. The molecule has 0 fully saturated rings. The quantitative estimate of drug-likeness (QED) is 0.00884. The molecule has 4 amide bonds. The molecule has 0 bridgehead atoms. The highest BCUT2D eigenvalue weighted by molar-refractivity contribution is 8.76. The molecule has 27 nitrogen and oxygen atoms in total. The van der Waals surface area contributed by atoms with Gasteiger partial charge in [0.1, 0.15) is 17.5 Å². The fourth-order valence-electron chi connectivity index (χ4n) is 11.3. The van der Waals surface area contributed by atoms with Crippen molar-refractivity contribution in [3.8, 4) is 5.75 Å². The van der Waals surface area contributed by atoms with Crippen molar-refractivity contribution in [2.75, 3.05) is 47.7 Å². The molecule has 502 valence electrons. The summed E-state index contributed by atoms with van der Waals surface area (Å²) in [6, 6.07) is 28.9. The van der Waals surface area contributed by atoms with Crippen molar-refractivity contribution in [1.29, 1.82) is 0 Å². The molecule has 5 unspecified atom stereocenters. The number of Topliss-reactive ketones (excluding diaryl/α,β-unsaturated/α-hetero) is 3. The number of carbonyl (C=O) groups excluding carboxylic acids is 7. The van der Waals surface area contributed by atoms with E-state index in [0.717, 1.165) is 49.2 Å². The number of anilines is 2. The topological polar surface area (TPSA) is 435 Å². The Balaban J connectivity index is 0.654. The number of H-pyrrole nitrogens is 3. The van der Waals surface area contributed by atoms with Gasteiger partial charge in [0.25, 0.3) is 11.5 Å². The molecule has 0 aliphatic carbocycles. The molecule has 9 aromatic rings. The smallest absolute Gasteiger partial charge is 0.412 e. The second-order valence-electron chi connectivity index (χ2n) is 23.2. The summed E-state index contributed by atoms with van der Waals surface area (Å²) in [5, 5.41) is 39.9. The van der Waals surface area contributed by atoms with Crippen LogP contribution in [0.5, 0.6) is 5.75 Å². The van der Waals surface area contributed by atoms with Crippen LogP contribution in [-0.2, 0) is 48.0 Å². The van der Waals surface area contributed by atoms with E-state index in [2.05, 4.69) is 45.9 Å². The number of fused-ring (bicyclic) bond motifs is 6. The van der Waals surface area contributed by atoms with Gasteiger partial charge in [-0.2, -0.15) is 4.98 Å². The highest BCUT2D eigenvalue weighted by Crippen LogP contribution is 2.46. The number of para-hydroxylation sites is 1. The van der Waals surface area contributed by atoms with Crippen molar-refractivity contribution < 1.29 is 68.0 Å². The number of carboxylic acid groups (broad SMARTS) is 3. The molecule has 0 saturated carbocycles. The summed E-state index contributed by atoms with van der Waals surface area (Å²) in [7, 11) is 2.25. The summed E-state index contributed by atoms with van der Waals surface area (Å²) in [5.74, 6) is -10.3. The summed E-state index contributed by atoms with van der Waals surface area (Å²) in [6.45, 7) is -0.219. The molecule has 10 rings (SSSR count). The molecule has 5 aromatic carbocycles. The number of nitrogen functional groups attached to an aromatic ring is 1. The Morgan fingerprint density at radius 3 is 2.20 bits per heavy atom. The Hall–Kier alpha value is -10.5. The first-order valence-corrected chi connectivity index (χ1v) is 33.6. The number of halogens is 1. The van der Waals surface area contributed by atoms with Crippen molar-refractivity contribution in [3.05, 3.63) is 165 Å². The summed E-state index contributed by atoms with van der Waals surface area (Å²) in [5.41, 5.74) is 17.2. The number of ether oxygens (including phenoxy) is 1. The average Bonchev–Trinajstić information content (AvgIpc) is 1.61. The molecule has 1 aliphatic heterocycles. The first kappa shape index (κ1) is 69.3. The third kappa shape index (κ3) is 17.3. The second-order valence-corrected chi connectivity index (χ2v) is 26.1. The van der Waals surface area contributed by atoms with Crippen LogP contribution in [-0.4, -0.2) is 153 Å². The number of alkyl halides is 1. The molecule has 0 spiro atoms. The molecule has 1 aliphatic rings. The zero-order valence-corrected chi connectivity index (χ0v) is 54.0. The molecule has 30 heteroatoms. The molecular weight excluding hydrogens is 1310 g/mol. The predicted octanol–water partition coefficient (Wildman–Crippen LogP) is 6.89. The molecule has 13 N–H and O–H groups in total. The second kappa shape index (κ2) is 31.4. The lowest BCUT2D eigenvalue weighted by molar-refractivity contribution is -0.144. The van der Waals surface area contributed by atoms with Gasteiger partial charge in [-0.1, -0.05) is 94.4 Å². The molecule has 97 heavy (non-hydrogen) atoms. The van der Waals surface area contributed by atoms with Crippen LogP contribution in [0.2, 0.25) is 0 Å². The number of nitrogens with one attached hydrogen (secondary N) is 6. The number of aromatic amines is 3. The summed E-state index contributed by atoms with van der Waals surface area (Å²) < 4.78 is 5.88. The number of aliphatic carboxylic acids is 3. The van der Waals surface area contributed by atoms with Crippen molar-refractivity contribution in [2.45, 2.75) is 69.4 Å². The SMILES string of the molecule is Nc1nc2ncc(CCc3ccc(C(=O)CC(CCC(=O)NCC(N)C(=O)NC(CC(=O)O)C(=O)CC(CSSCCNC(=O)Oc4cc5c(c6ccccc46)C(CCl)CN5C(=O)c4cc5cc(CC(=O)c6cc7ccccc7[nH]6)ccc5[nH]4)C(=O)O)C(=O)O)cc3)nc2c(=O)[nH]1. The molecule has 5 heterocycles. The van der Waals surface area contributed by atoms with Gasteiger partial charge in [-0.15, -0.1) is 11.6 Å². The Morgan fingerprint density at radius 1 is 0.742 bits per heavy atom. The number of nitrogens with zero attached hydrogens (tertiary/aromatic N) is 4. The number of aromatic nitrogens is 6. The minimum Gasteiger partial charge on any atom is -0.481 e. The highest BCUT2D eigenvalue weighted by Gasteiger charge is 2.37. The van der Waals surface area contributed by atoms with Gasteiger partial charge in [-0.25, -0.2) is 14.8 Å². The van der Waals surface area contributed by atoms with Gasteiger partial charge in [-0.05, 0) is 71.7 Å². The minimum absolute atomic E-state index is 0.0402. The number of carboxylic acids is 3. The normalized spacial score (nSPS) is 14.0. The molecule has 5 atom stereocenters. The van der Waals surface area contributed by atoms with Crippen LogP contribution < -0.4 is 42.6 Å². The fraction of sp³-hybridized carbons (Fsp3) is 0.284. The fourth-order valence-corrected chi connectivity index (χ4v) is 13.7. The zero-order chi connectivity index (χ0) is 69.0. The van der Waals surface area contributed by atoms with E-state index in [9.17, 15) is 68.1 Å². The van der Waals surface area contributed by atoms with Crippen LogP contribution in [0.4, 0.5) is 16.4 Å². The monoisotopic (exact) mass is 1380 g/mol. The van der Waals surface area contributed by atoms with E-state index in [0.29, 0.717) is 46.5 Å². The maximum atomic E-state index is 14.5. The van der Waals surface area contributed by atoms with Crippen molar-refractivity contribution >= 4 is 148 Å². The van der Waals surface area contributed by atoms with Crippen LogP contribution in [0.1, 0.15) is 91.7 Å². The van der Waals surface area contributed by atoms with Gasteiger partial charge in [-0.3, -0.25) is 52.9 Å². The van der Waals surface area contributed by atoms with E-state index < -0.39 is 103 Å². The van der Waals surface area contributed by atoms with Gasteiger partial charge in [0.2, 0.25) is 17.8 Å². The van der Waals surface area contributed by atoms with Gasteiger partial charge >= 0.3 is 24.0 Å². The van der Waals surface area contributed by atoms with Gasteiger partial charge in [0.05, 0.1) is 47.6 Å². The first-order chi connectivity index (χ1) is 46.6. The van der Waals surface area contributed by atoms with E-state index in [4.69, 9.17) is 27.8 Å². The van der Waals surface area contributed by atoms with E-state index in [1.54, 1.807) is 53.4 Å². The minimum atomic E-state index is -1.70. The number of amides is 4. The lowest BCUT2D eigenvalue weighted by atomic mass is 9.93. The Kier molecular flexibility index (Phi) is 22.4. The van der Waals surface area contributed by atoms with Gasteiger partial charge < -0.3 is 62.3 Å². The molecule has 0 saturated heterocycles. The number of hydrogen-bond donors (Lipinski definition) is 11. The maximum Gasteiger partial charge on any atom is 0.412 e. The largest absolute Gasteiger partial charge is 0.481 e. The van der Waals surface area contributed by atoms with Gasteiger partial charge in [0, 0.05) is 107 Å². The number of benzene rings is 5. The van der Waals surface area contributed by atoms with Crippen LogP contribution in [0.3, 0.4) is 0 Å². The Bertz CT molecular complexity index is 4590. The highest BCUT2D eigenvalue weighted by atomic mass is 35.5. The van der Waals surface area contributed by atoms with Crippen LogP contribution in [0.25, 0.3) is 43.7 Å². The number of aryl methyl sites for hydroxylation is 2. The number of nitrogens with two attached hydrogens (primary N) is 2. The molecular formula is C67H65ClN12O15S2. The average molecular weight is 1380 g/mol. The third-order valence-electron chi connectivity index (χ3n) is 16.3. The molecule has 4 aromatic heterocycles. The number of carbonyl (C=O) groups is 10. The van der Waals surface area contributed by atoms with E-state index >= 15 is 0 Å². The van der Waals surface area contributed by atoms with Crippen LogP contribution in [0, 0.1) is 11.8 Å². The maximum absolute atomic E-state index is 14.5. The Morgan fingerprint density at radius 2 is 1.45 bits per heavy atom. The van der Waals surface area contributed by atoms with E-state index in [1.165, 1.54) is 17.0 Å². The number of rotatable bonds is 32. The summed E-state index contributed by atoms with van der Waals surface area (Å²) >= 11 is 6.56. The van der Waals surface area contributed by atoms with E-state index in [1.807, 2.05) is 60.7 Å². The predicted molar refractivity (Wildman–Crippen MR) is 364 cm³/mol. The van der Waals surface area contributed by atoms with Gasteiger partial charge in [0.15, 0.2) is 28.5 Å².